The third-order valence-corrected chi connectivity index (χ3v) is 1.74. The summed E-state index contributed by atoms with van der Waals surface area (Å²) >= 11 is 5.25. The lowest BCUT2D eigenvalue weighted by Gasteiger charge is -2.02. The molecule has 0 aliphatic carbocycles. The van der Waals surface area contributed by atoms with Gasteiger partial charge in [0.05, 0.1) is 4.92 Å². The second kappa shape index (κ2) is 4.57. The maximum absolute atomic E-state index is 10.9. The molecule has 14 heavy (non-hydrogen) atoms. The van der Waals surface area contributed by atoms with Crippen molar-refractivity contribution in [3.63, 3.8) is 0 Å². The SMILES string of the molecule is O=C(CCl)Nc1ccccc1[N+](=O)[O-]. The smallest absolute Gasteiger partial charge is 0.292 e. The molecule has 0 aliphatic rings. The maximum Gasteiger partial charge on any atom is 0.292 e. The number of nitrogens with zero attached hydrogens (tertiary/aromatic N) is 1. The fourth-order valence-corrected chi connectivity index (χ4v) is 0.989. The van der Waals surface area contributed by atoms with Gasteiger partial charge in [0, 0.05) is 6.07 Å². The van der Waals surface area contributed by atoms with Crippen molar-refractivity contribution >= 4 is 28.9 Å². The van der Waals surface area contributed by atoms with E-state index in [1.807, 2.05) is 0 Å². The molecule has 0 spiro atoms. The summed E-state index contributed by atoms with van der Waals surface area (Å²) in [5, 5.41) is 12.8. The second-order valence-electron chi connectivity index (χ2n) is 2.46. The number of nitro groups is 1. The van der Waals surface area contributed by atoms with E-state index in [0.29, 0.717) is 0 Å². The van der Waals surface area contributed by atoms with Crippen LogP contribution in [0.4, 0.5) is 11.4 Å². The number of hydrogen-bond donors (Lipinski definition) is 1. The van der Waals surface area contributed by atoms with E-state index in [4.69, 9.17) is 11.6 Å². The van der Waals surface area contributed by atoms with Gasteiger partial charge in [0.2, 0.25) is 5.91 Å². The van der Waals surface area contributed by atoms with Crippen LogP contribution in [-0.4, -0.2) is 16.7 Å². The maximum atomic E-state index is 10.9. The molecule has 6 heteroatoms. The fraction of sp³-hybridized carbons (Fsp3) is 0.125. The summed E-state index contributed by atoms with van der Waals surface area (Å²) in [5.41, 5.74) is 0.00844. The van der Waals surface area contributed by atoms with Gasteiger partial charge >= 0.3 is 0 Å². The molecule has 0 atom stereocenters. The number of carbonyl (C=O) groups excluding carboxylic acids is 1. The van der Waals surface area contributed by atoms with Crippen LogP contribution in [0.5, 0.6) is 0 Å². The fourth-order valence-electron chi connectivity index (χ4n) is 0.922. The highest BCUT2D eigenvalue weighted by atomic mass is 35.5. The summed E-state index contributed by atoms with van der Waals surface area (Å²) in [5.74, 6) is -0.701. The molecule has 0 saturated heterocycles. The van der Waals surface area contributed by atoms with Crippen LogP contribution in [0.3, 0.4) is 0 Å². The van der Waals surface area contributed by atoms with Crippen LogP contribution in [0.25, 0.3) is 0 Å². The number of nitro benzene ring substituents is 1. The summed E-state index contributed by atoms with van der Waals surface area (Å²) < 4.78 is 0. The molecule has 1 amide bonds. The Morgan fingerprint density at radius 1 is 1.50 bits per heavy atom. The van der Waals surface area contributed by atoms with Crippen molar-refractivity contribution in [1.82, 2.24) is 0 Å². The monoisotopic (exact) mass is 214 g/mol. The van der Waals surface area contributed by atoms with Crippen molar-refractivity contribution in [2.75, 3.05) is 11.2 Å². The van der Waals surface area contributed by atoms with Gasteiger partial charge in [-0.15, -0.1) is 11.6 Å². The van der Waals surface area contributed by atoms with E-state index < -0.39 is 10.8 Å². The highest BCUT2D eigenvalue weighted by molar-refractivity contribution is 6.29. The van der Waals surface area contributed by atoms with Gasteiger partial charge in [-0.25, -0.2) is 0 Å². The first kappa shape index (κ1) is 10.5. The van der Waals surface area contributed by atoms with Gasteiger partial charge in [0.15, 0.2) is 0 Å². The average molecular weight is 215 g/mol. The van der Waals surface area contributed by atoms with Gasteiger partial charge in [-0.1, -0.05) is 12.1 Å². The molecule has 1 aromatic carbocycles. The van der Waals surface area contributed by atoms with E-state index in [-0.39, 0.29) is 17.3 Å². The van der Waals surface area contributed by atoms with Gasteiger partial charge in [-0.3, -0.25) is 14.9 Å². The van der Waals surface area contributed by atoms with E-state index >= 15 is 0 Å². The van der Waals surface area contributed by atoms with Crippen LogP contribution in [-0.2, 0) is 4.79 Å². The van der Waals surface area contributed by atoms with Crippen molar-refractivity contribution in [3.8, 4) is 0 Å². The van der Waals surface area contributed by atoms with E-state index in [1.165, 1.54) is 18.2 Å². The van der Waals surface area contributed by atoms with E-state index in [0.717, 1.165) is 0 Å². The Morgan fingerprint density at radius 3 is 2.71 bits per heavy atom. The predicted molar refractivity (Wildman–Crippen MR) is 52.4 cm³/mol. The Labute approximate surface area is 84.8 Å². The molecule has 0 bridgehead atoms. The molecule has 0 unspecified atom stereocenters. The molecule has 1 aromatic rings. The minimum absolute atomic E-state index is 0.147. The van der Waals surface area contributed by atoms with Crippen molar-refractivity contribution in [2.45, 2.75) is 0 Å². The summed E-state index contributed by atoms with van der Waals surface area (Å²) in [4.78, 5) is 20.8. The van der Waals surface area contributed by atoms with Gasteiger partial charge in [0.1, 0.15) is 11.6 Å². The summed E-state index contributed by atoms with van der Waals surface area (Å²) in [6, 6.07) is 5.87. The Bertz CT molecular complexity index is 367. The zero-order valence-electron chi connectivity index (χ0n) is 7.07. The number of anilines is 1. The van der Waals surface area contributed by atoms with Crippen LogP contribution >= 0.6 is 11.6 Å². The number of rotatable bonds is 3. The van der Waals surface area contributed by atoms with Crippen LogP contribution in [0, 0.1) is 10.1 Å². The molecule has 0 aliphatic heterocycles. The van der Waals surface area contributed by atoms with Crippen molar-refractivity contribution in [3.05, 3.63) is 34.4 Å². The van der Waals surface area contributed by atoms with Gasteiger partial charge in [-0.2, -0.15) is 0 Å². The molecule has 1 N–H and O–H groups in total. The zero-order chi connectivity index (χ0) is 10.6. The Balaban J connectivity index is 2.95. The lowest BCUT2D eigenvalue weighted by molar-refractivity contribution is -0.383. The Kier molecular flexibility index (Phi) is 3.41. The molecule has 0 saturated carbocycles. The number of amides is 1. The topological polar surface area (TPSA) is 72.2 Å². The number of para-hydroxylation sites is 2. The standard InChI is InChI=1S/C8H7ClN2O3/c9-5-8(12)10-6-3-1-2-4-7(6)11(13)14/h1-4H,5H2,(H,10,12). The molecule has 74 valence electrons. The number of nitrogens with one attached hydrogen (secondary N) is 1. The molecular formula is C8H7ClN2O3. The number of carbonyl (C=O) groups is 1. The highest BCUT2D eigenvalue weighted by Crippen LogP contribution is 2.22. The minimum Gasteiger partial charge on any atom is -0.319 e. The van der Waals surface area contributed by atoms with Crippen LogP contribution in [0.2, 0.25) is 0 Å². The highest BCUT2D eigenvalue weighted by Gasteiger charge is 2.13. The molecule has 0 fully saturated rings. The Hall–Kier alpha value is -1.62. The second-order valence-corrected chi connectivity index (χ2v) is 2.72. The molecule has 0 heterocycles. The van der Waals surface area contributed by atoms with E-state index in [1.54, 1.807) is 6.07 Å². The number of hydrogen-bond acceptors (Lipinski definition) is 3. The largest absolute Gasteiger partial charge is 0.319 e. The van der Waals surface area contributed by atoms with Crippen molar-refractivity contribution in [2.24, 2.45) is 0 Å². The predicted octanol–water partition coefficient (Wildman–Crippen LogP) is 1.77. The lowest BCUT2D eigenvalue weighted by Crippen LogP contribution is -2.13. The molecule has 0 aromatic heterocycles. The van der Waals surface area contributed by atoms with E-state index in [2.05, 4.69) is 5.32 Å². The molecule has 0 radical (unpaired) electrons. The van der Waals surface area contributed by atoms with Crippen molar-refractivity contribution < 1.29 is 9.72 Å². The summed E-state index contributed by atoms with van der Waals surface area (Å²) in [6.07, 6.45) is 0. The average Bonchev–Trinajstić information content (AvgIpc) is 2.18. The first-order valence-corrected chi connectivity index (χ1v) is 4.28. The van der Waals surface area contributed by atoms with Crippen molar-refractivity contribution in [1.29, 1.82) is 0 Å². The zero-order valence-corrected chi connectivity index (χ0v) is 7.82. The van der Waals surface area contributed by atoms with Gasteiger partial charge < -0.3 is 5.32 Å². The summed E-state index contributed by atoms with van der Waals surface area (Å²) in [6.45, 7) is 0. The first-order chi connectivity index (χ1) is 6.65. The molecule has 5 nitrogen and oxygen atoms in total. The first-order valence-electron chi connectivity index (χ1n) is 3.74. The van der Waals surface area contributed by atoms with E-state index in [9.17, 15) is 14.9 Å². The summed E-state index contributed by atoms with van der Waals surface area (Å²) in [7, 11) is 0. The lowest BCUT2D eigenvalue weighted by atomic mass is 10.2. The van der Waals surface area contributed by atoms with Gasteiger partial charge in [0.25, 0.3) is 5.69 Å². The number of alkyl halides is 1. The third-order valence-electron chi connectivity index (χ3n) is 1.50. The number of halogens is 1. The molecular weight excluding hydrogens is 208 g/mol. The van der Waals surface area contributed by atoms with Crippen LogP contribution in [0.1, 0.15) is 0 Å². The minimum atomic E-state index is -0.566. The normalized spacial score (nSPS) is 9.50. The van der Waals surface area contributed by atoms with Crippen LogP contribution < -0.4 is 5.32 Å². The molecule has 1 rings (SSSR count). The quantitative estimate of drug-likeness (QED) is 0.474. The third kappa shape index (κ3) is 2.43. The van der Waals surface area contributed by atoms with Gasteiger partial charge in [-0.05, 0) is 6.07 Å². The number of benzene rings is 1. The van der Waals surface area contributed by atoms with Crippen LogP contribution in [0.15, 0.2) is 24.3 Å². The Morgan fingerprint density at radius 2 is 2.14 bits per heavy atom.